The van der Waals surface area contributed by atoms with Gasteiger partial charge in [0.05, 0.1) is 10.6 Å². The summed E-state index contributed by atoms with van der Waals surface area (Å²) in [4.78, 5) is 31.8. The minimum Gasteiger partial charge on any atom is -0.506 e. The number of phenolic OH excluding ortho intramolecular Hbond substituents is 1. The lowest BCUT2D eigenvalue weighted by Gasteiger charge is -2.42. The summed E-state index contributed by atoms with van der Waals surface area (Å²) in [6.07, 6.45) is 5.91. The van der Waals surface area contributed by atoms with Crippen molar-refractivity contribution in [2.24, 2.45) is 17.8 Å². The first kappa shape index (κ1) is 41.5. The van der Waals surface area contributed by atoms with Crippen LogP contribution in [0.3, 0.4) is 0 Å². The zero-order valence-electron chi connectivity index (χ0n) is 30.9. The molecule has 53 heavy (non-hydrogen) atoms. The Kier molecular flexibility index (Phi) is 14.7. The van der Waals surface area contributed by atoms with E-state index in [1.807, 2.05) is 17.5 Å². The molecule has 2 aliphatic carbocycles. The van der Waals surface area contributed by atoms with Crippen molar-refractivity contribution in [3.63, 3.8) is 0 Å². The first-order valence-corrected chi connectivity index (χ1v) is 20.3. The number of alkyl halides is 3. The van der Waals surface area contributed by atoms with Gasteiger partial charge in [0.15, 0.2) is 6.29 Å². The number of aliphatic hydroxyl groups excluding tert-OH is 1. The predicted octanol–water partition coefficient (Wildman–Crippen LogP) is 9.08. The van der Waals surface area contributed by atoms with Crippen molar-refractivity contribution >= 4 is 40.7 Å². The molecule has 2 aromatic rings. The van der Waals surface area contributed by atoms with Crippen molar-refractivity contribution in [3.8, 4) is 5.75 Å². The second kappa shape index (κ2) is 18.8. The maximum atomic E-state index is 13.9. The van der Waals surface area contributed by atoms with Gasteiger partial charge in [-0.15, -0.1) is 11.3 Å². The Balaban J connectivity index is 1.20. The zero-order chi connectivity index (χ0) is 38.3. The lowest BCUT2D eigenvalue weighted by molar-refractivity contribution is -0.171. The van der Waals surface area contributed by atoms with E-state index in [1.54, 1.807) is 23.2 Å². The fourth-order valence-corrected chi connectivity index (χ4v) is 9.39. The van der Waals surface area contributed by atoms with Gasteiger partial charge < -0.3 is 19.8 Å². The van der Waals surface area contributed by atoms with Gasteiger partial charge in [0.1, 0.15) is 17.6 Å². The Morgan fingerprint density at radius 3 is 2.45 bits per heavy atom. The lowest BCUT2D eigenvalue weighted by atomic mass is 9.80. The number of carbonyl (C=O) groups excluding carboxylic acids is 2. The molecule has 3 unspecified atom stereocenters. The van der Waals surface area contributed by atoms with Crippen LogP contribution in [0.25, 0.3) is 6.08 Å². The summed E-state index contributed by atoms with van der Waals surface area (Å²) in [7, 11) is 0. The quantitative estimate of drug-likeness (QED) is 0.139. The van der Waals surface area contributed by atoms with Crippen LogP contribution in [-0.4, -0.2) is 76.3 Å². The number of rotatable bonds is 15. The van der Waals surface area contributed by atoms with Crippen molar-refractivity contribution in [2.75, 3.05) is 26.2 Å². The van der Waals surface area contributed by atoms with Crippen molar-refractivity contribution in [1.29, 1.82) is 0 Å². The largest absolute Gasteiger partial charge is 0.506 e. The summed E-state index contributed by atoms with van der Waals surface area (Å²) in [5, 5.41) is 22.6. The Bertz CT molecular complexity index is 1600. The minimum absolute atomic E-state index is 0.0493. The summed E-state index contributed by atoms with van der Waals surface area (Å²) < 4.78 is 47.2. The van der Waals surface area contributed by atoms with Crippen molar-refractivity contribution in [3.05, 3.63) is 68.4 Å². The van der Waals surface area contributed by atoms with Crippen LogP contribution in [0.5, 0.6) is 5.75 Å². The molecular formula is C41H54ClF3N2O5S. The number of halogens is 4. The molecule has 2 N–H and O–H groups in total. The second-order valence-corrected chi connectivity index (χ2v) is 16.7. The van der Waals surface area contributed by atoms with Gasteiger partial charge in [0.25, 0.3) is 5.91 Å². The average molecular weight is 779 g/mol. The molecule has 2 fully saturated rings. The fraction of sp³-hybridized carbons (Fsp3) is 0.610. The molecule has 1 amide bonds. The van der Waals surface area contributed by atoms with E-state index < -0.39 is 34.9 Å². The normalized spacial score (nSPS) is 23.3. The Morgan fingerprint density at radius 2 is 1.83 bits per heavy atom. The van der Waals surface area contributed by atoms with Crippen LogP contribution in [0.4, 0.5) is 13.2 Å². The molecule has 7 nitrogen and oxygen atoms in total. The number of Topliss-reactive ketones (excluding diaryl/α,β-unsaturated/α-hetero) is 1. The summed E-state index contributed by atoms with van der Waals surface area (Å²) in [5.74, 6) is -0.201. The SMILES string of the molecule is C=Cc1ccsc1CC(CC1CC=C(CCC(O)O[C@H](Cc2cc(Cl)c(O)c(C(F)(F)F)c2)C(=O)N2CCN(C3CCC(C)CC3)CC2)CC1)C(C)=O. The van der Waals surface area contributed by atoms with E-state index >= 15 is 0 Å². The number of nitrogens with zero attached hydrogens (tertiary/aromatic N) is 2. The molecule has 2 heterocycles. The van der Waals surface area contributed by atoms with Crippen molar-refractivity contribution in [1.82, 2.24) is 9.80 Å². The van der Waals surface area contributed by atoms with Crippen LogP contribution < -0.4 is 0 Å². The maximum absolute atomic E-state index is 13.9. The Hall–Kier alpha value is -2.70. The highest BCUT2D eigenvalue weighted by Crippen LogP contribution is 2.41. The van der Waals surface area contributed by atoms with Crippen LogP contribution in [0.15, 0.2) is 41.8 Å². The average Bonchev–Trinajstić information content (AvgIpc) is 3.59. The second-order valence-electron chi connectivity index (χ2n) is 15.3. The van der Waals surface area contributed by atoms with E-state index in [4.69, 9.17) is 16.3 Å². The van der Waals surface area contributed by atoms with E-state index in [1.165, 1.54) is 29.4 Å². The van der Waals surface area contributed by atoms with Gasteiger partial charge in [-0.2, -0.15) is 13.2 Å². The fourth-order valence-electron chi connectivity index (χ4n) is 8.18. The van der Waals surface area contributed by atoms with E-state index in [9.17, 15) is 33.0 Å². The number of amides is 1. The standard InChI is InChI=1S/C41H54ClF3N2O5S/c1-4-31-15-20-53-37(31)25-32(27(3)48)21-29-9-7-28(8-10-29)11-14-38(49)52-36(24-30-22-34(41(43,44)45)39(50)35(42)23-30)40(51)47-18-16-46(17-19-47)33-12-5-26(2)6-13-33/h4,7,15,20,22-23,26,29,32-33,36,38,49-50H,1,5-6,8-14,16-19,21,24-25H2,2-3H3/t26?,29?,32?,33?,36-,38?/m1/s1. The molecule has 1 aromatic carbocycles. The molecule has 4 atom stereocenters. The zero-order valence-corrected chi connectivity index (χ0v) is 32.5. The number of piperazine rings is 1. The van der Waals surface area contributed by atoms with Gasteiger partial charge in [-0.05, 0) is 118 Å². The number of ether oxygens (including phenoxy) is 1. The van der Waals surface area contributed by atoms with Crippen molar-refractivity contribution < 1.29 is 37.7 Å². The number of aromatic hydroxyl groups is 1. The summed E-state index contributed by atoms with van der Waals surface area (Å²) in [5.41, 5.74) is 1.05. The van der Waals surface area contributed by atoms with Gasteiger partial charge >= 0.3 is 6.18 Å². The third-order valence-corrected chi connectivity index (χ3v) is 12.8. The highest BCUT2D eigenvalue weighted by molar-refractivity contribution is 7.10. The van der Waals surface area contributed by atoms with E-state index in [0.29, 0.717) is 51.0 Å². The van der Waals surface area contributed by atoms with Gasteiger partial charge in [-0.1, -0.05) is 42.8 Å². The molecule has 1 saturated heterocycles. The van der Waals surface area contributed by atoms with Gasteiger partial charge in [0.2, 0.25) is 0 Å². The third-order valence-electron chi connectivity index (χ3n) is 11.5. The third kappa shape index (κ3) is 11.4. The van der Waals surface area contributed by atoms with Crippen molar-refractivity contribution in [2.45, 2.75) is 116 Å². The number of allylic oxidation sites excluding steroid dienone is 2. The molecule has 1 aliphatic heterocycles. The predicted molar refractivity (Wildman–Crippen MR) is 204 cm³/mol. The number of phenols is 1. The molecule has 0 bridgehead atoms. The Labute approximate surface area is 320 Å². The van der Waals surface area contributed by atoms with Crippen LogP contribution in [-0.2, 0) is 33.3 Å². The van der Waals surface area contributed by atoms with Gasteiger partial charge in [-0.3, -0.25) is 14.5 Å². The first-order valence-electron chi connectivity index (χ1n) is 19.0. The molecule has 3 aliphatic rings. The van der Waals surface area contributed by atoms with E-state index in [2.05, 4.69) is 24.5 Å². The number of benzene rings is 1. The number of carbonyl (C=O) groups is 2. The number of hydrogen-bond donors (Lipinski definition) is 2. The first-order chi connectivity index (χ1) is 25.2. The highest BCUT2D eigenvalue weighted by atomic mass is 35.5. The van der Waals surface area contributed by atoms with Crippen LogP contribution >= 0.6 is 22.9 Å². The maximum Gasteiger partial charge on any atom is 0.420 e. The molecule has 0 spiro atoms. The summed E-state index contributed by atoms with van der Waals surface area (Å²) >= 11 is 7.66. The van der Waals surface area contributed by atoms with Gasteiger partial charge in [0, 0.05) is 55.9 Å². The number of hydrogen-bond acceptors (Lipinski definition) is 7. The number of ketones is 1. The molecule has 292 valence electrons. The Morgan fingerprint density at radius 1 is 1.11 bits per heavy atom. The monoisotopic (exact) mass is 778 g/mol. The molecule has 1 saturated carbocycles. The summed E-state index contributed by atoms with van der Waals surface area (Å²) in [6.45, 7) is 10.2. The molecule has 1 aromatic heterocycles. The van der Waals surface area contributed by atoms with Crippen LogP contribution in [0.1, 0.15) is 99.6 Å². The van der Waals surface area contributed by atoms with E-state index in [0.717, 1.165) is 56.1 Å². The smallest absolute Gasteiger partial charge is 0.420 e. The molecule has 12 heteroatoms. The lowest BCUT2D eigenvalue weighted by Crippen LogP contribution is -2.55. The molecule has 5 rings (SSSR count). The van der Waals surface area contributed by atoms with Gasteiger partial charge in [-0.25, -0.2) is 0 Å². The number of aliphatic hydroxyl groups is 1. The molecular weight excluding hydrogens is 725 g/mol. The van der Waals surface area contributed by atoms with E-state index in [-0.39, 0.29) is 36.0 Å². The van der Waals surface area contributed by atoms with Crippen LogP contribution in [0.2, 0.25) is 5.02 Å². The highest BCUT2D eigenvalue weighted by Gasteiger charge is 2.37. The summed E-state index contributed by atoms with van der Waals surface area (Å²) in [6, 6.07) is 4.52. The minimum atomic E-state index is -4.85. The number of thiophene rings is 1. The molecule has 0 radical (unpaired) electrons. The topological polar surface area (TPSA) is 90.3 Å². The van der Waals surface area contributed by atoms with Crippen LogP contribution in [0, 0.1) is 17.8 Å².